The second-order valence-electron chi connectivity index (χ2n) is 7.37. The normalized spacial score (nSPS) is 11.2. The van der Waals surface area contributed by atoms with Gasteiger partial charge in [-0.15, -0.1) is 0 Å². The van der Waals surface area contributed by atoms with Crippen molar-refractivity contribution in [1.29, 1.82) is 0 Å². The van der Waals surface area contributed by atoms with Gasteiger partial charge in [0.1, 0.15) is 17.3 Å². The van der Waals surface area contributed by atoms with E-state index in [1.807, 2.05) is 20.8 Å². The van der Waals surface area contributed by atoms with Crippen LogP contribution in [0.2, 0.25) is 5.02 Å². The molecule has 2 aromatic carbocycles. The SMILES string of the molecule is COc1ccc(Cl)cc1CC(=O)Cc1ccc(F)c(C(=O)NC(C)(C)C)c1. The van der Waals surface area contributed by atoms with Crippen LogP contribution >= 0.6 is 11.6 Å². The van der Waals surface area contributed by atoms with Crippen LogP contribution in [0.4, 0.5) is 4.39 Å². The second-order valence-corrected chi connectivity index (χ2v) is 7.80. The molecule has 0 atom stereocenters. The summed E-state index contributed by atoms with van der Waals surface area (Å²) in [5, 5.41) is 3.24. The van der Waals surface area contributed by atoms with E-state index < -0.39 is 17.3 Å². The highest BCUT2D eigenvalue weighted by Gasteiger charge is 2.19. The molecule has 4 nitrogen and oxygen atoms in total. The molecule has 27 heavy (non-hydrogen) atoms. The average molecular weight is 392 g/mol. The van der Waals surface area contributed by atoms with Crippen molar-refractivity contribution in [1.82, 2.24) is 5.32 Å². The molecule has 0 saturated heterocycles. The standard InChI is InChI=1S/C21H23ClFNO3/c1-21(2,3)24-20(26)17-10-13(5-7-18(17)23)9-16(25)12-14-11-15(22)6-8-19(14)27-4/h5-8,10-11H,9,12H2,1-4H3,(H,24,26). The molecule has 0 spiro atoms. The first-order chi connectivity index (χ1) is 12.6. The lowest BCUT2D eigenvalue weighted by Crippen LogP contribution is -2.41. The summed E-state index contributed by atoms with van der Waals surface area (Å²) in [6.45, 7) is 5.44. The fourth-order valence-electron chi connectivity index (χ4n) is 2.65. The molecule has 6 heteroatoms. The van der Waals surface area contributed by atoms with Crippen LogP contribution in [-0.4, -0.2) is 24.3 Å². The third-order valence-electron chi connectivity index (χ3n) is 3.80. The topological polar surface area (TPSA) is 55.4 Å². The lowest BCUT2D eigenvalue weighted by atomic mass is 9.99. The summed E-state index contributed by atoms with van der Waals surface area (Å²) in [6.07, 6.45) is 0.205. The number of carbonyl (C=O) groups excluding carboxylic acids is 2. The number of halogens is 2. The summed E-state index contributed by atoms with van der Waals surface area (Å²) < 4.78 is 19.3. The number of hydrogen-bond acceptors (Lipinski definition) is 3. The van der Waals surface area contributed by atoms with E-state index in [4.69, 9.17) is 16.3 Å². The Hall–Kier alpha value is -2.40. The largest absolute Gasteiger partial charge is 0.496 e. The molecule has 144 valence electrons. The number of benzene rings is 2. The van der Waals surface area contributed by atoms with Gasteiger partial charge in [0.05, 0.1) is 12.7 Å². The van der Waals surface area contributed by atoms with E-state index in [9.17, 15) is 14.0 Å². The molecule has 2 aromatic rings. The van der Waals surface area contributed by atoms with Gasteiger partial charge in [0.2, 0.25) is 0 Å². The Bertz CT molecular complexity index is 859. The van der Waals surface area contributed by atoms with Crippen molar-refractivity contribution in [2.45, 2.75) is 39.2 Å². The number of rotatable bonds is 6. The van der Waals surface area contributed by atoms with Crippen LogP contribution in [0, 0.1) is 5.82 Å². The fraction of sp³-hybridized carbons (Fsp3) is 0.333. The molecule has 0 bridgehead atoms. The average Bonchev–Trinajstić information content (AvgIpc) is 2.55. The van der Waals surface area contributed by atoms with Crippen LogP contribution in [0.3, 0.4) is 0 Å². The Morgan fingerprint density at radius 1 is 1.11 bits per heavy atom. The number of methoxy groups -OCH3 is 1. The van der Waals surface area contributed by atoms with Crippen LogP contribution in [0.5, 0.6) is 5.75 Å². The molecule has 0 aliphatic heterocycles. The van der Waals surface area contributed by atoms with E-state index in [0.29, 0.717) is 21.9 Å². The maximum Gasteiger partial charge on any atom is 0.254 e. The Balaban J connectivity index is 2.16. The Morgan fingerprint density at radius 3 is 2.44 bits per heavy atom. The van der Waals surface area contributed by atoms with Crippen LogP contribution in [0.15, 0.2) is 36.4 Å². The molecule has 0 fully saturated rings. The zero-order chi connectivity index (χ0) is 20.2. The van der Waals surface area contributed by atoms with E-state index in [1.54, 1.807) is 18.2 Å². The van der Waals surface area contributed by atoms with E-state index in [1.165, 1.54) is 25.3 Å². The minimum atomic E-state index is -0.621. The van der Waals surface area contributed by atoms with Crippen molar-refractivity contribution in [3.8, 4) is 5.75 Å². The van der Waals surface area contributed by atoms with E-state index in [0.717, 1.165) is 0 Å². The second kappa shape index (κ2) is 8.53. The third-order valence-corrected chi connectivity index (χ3v) is 4.03. The van der Waals surface area contributed by atoms with Crippen molar-refractivity contribution in [2.75, 3.05) is 7.11 Å². The van der Waals surface area contributed by atoms with E-state index >= 15 is 0 Å². The smallest absolute Gasteiger partial charge is 0.254 e. The minimum Gasteiger partial charge on any atom is -0.496 e. The third kappa shape index (κ3) is 6.07. The predicted molar refractivity (Wildman–Crippen MR) is 104 cm³/mol. The van der Waals surface area contributed by atoms with Crippen LogP contribution < -0.4 is 10.1 Å². The number of nitrogens with one attached hydrogen (secondary N) is 1. The van der Waals surface area contributed by atoms with Gasteiger partial charge in [-0.2, -0.15) is 0 Å². The number of ketones is 1. The number of ether oxygens (including phenoxy) is 1. The van der Waals surface area contributed by atoms with Crippen molar-refractivity contribution in [2.24, 2.45) is 0 Å². The molecule has 0 aliphatic rings. The van der Waals surface area contributed by atoms with Gasteiger partial charge in [-0.25, -0.2) is 4.39 Å². The molecule has 2 rings (SSSR count). The van der Waals surface area contributed by atoms with Gasteiger partial charge in [0.15, 0.2) is 0 Å². The first-order valence-electron chi connectivity index (χ1n) is 8.54. The number of hydrogen-bond donors (Lipinski definition) is 1. The molecular formula is C21H23ClFNO3. The minimum absolute atomic E-state index is 0.0736. The van der Waals surface area contributed by atoms with Gasteiger partial charge in [-0.05, 0) is 56.7 Å². The van der Waals surface area contributed by atoms with Gasteiger partial charge in [0.25, 0.3) is 5.91 Å². The summed E-state index contributed by atoms with van der Waals surface area (Å²) >= 11 is 5.99. The molecule has 0 aromatic heterocycles. The summed E-state index contributed by atoms with van der Waals surface area (Å²) in [7, 11) is 1.53. The summed E-state index contributed by atoms with van der Waals surface area (Å²) in [5.74, 6) is -0.642. The van der Waals surface area contributed by atoms with Gasteiger partial charge in [-0.3, -0.25) is 9.59 Å². The molecule has 0 heterocycles. The summed E-state index contributed by atoms with van der Waals surface area (Å²) in [6, 6.07) is 9.22. The Labute approximate surface area is 163 Å². The highest BCUT2D eigenvalue weighted by atomic mass is 35.5. The van der Waals surface area contributed by atoms with E-state index in [2.05, 4.69) is 5.32 Å². The quantitative estimate of drug-likeness (QED) is 0.795. The molecule has 0 radical (unpaired) electrons. The Morgan fingerprint density at radius 2 is 1.81 bits per heavy atom. The Kier molecular flexibility index (Phi) is 6.60. The van der Waals surface area contributed by atoms with Gasteiger partial charge < -0.3 is 10.1 Å². The van der Waals surface area contributed by atoms with Gasteiger partial charge >= 0.3 is 0 Å². The van der Waals surface area contributed by atoms with Crippen LogP contribution in [0.25, 0.3) is 0 Å². The fourth-order valence-corrected chi connectivity index (χ4v) is 2.85. The highest BCUT2D eigenvalue weighted by Crippen LogP contribution is 2.24. The summed E-state index contributed by atoms with van der Waals surface area (Å²) in [4.78, 5) is 24.7. The zero-order valence-corrected chi connectivity index (χ0v) is 16.6. The van der Waals surface area contributed by atoms with Gasteiger partial charge in [0, 0.05) is 29.0 Å². The number of amides is 1. The highest BCUT2D eigenvalue weighted by molar-refractivity contribution is 6.30. The van der Waals surface area contributed by atoms with Crippen molar-refractivity contribution >= 4 is 23.3 Å². The van der Waals surface area contributed by atoms with Crippen molar-refractivity contribution < 1.29 is 18.7 Å². The van der Waals surface area contributed by atoms with Gasteiger partial charge in [-0.1, -0.05) is 17.7 Å². The lowest BCUT2D eigenvalue weighted by molar-refractivity contribution is -0.117. The number of carbonyl (C=O) groups is 2. The molecule has 1 amide bonds. The maximum absolute atomic E-state index is 14.0. The first-order valence-corrected chi connectivity index (χ1v) is 8.92. The molecular weight excluding hydrogens is 369 g/mol. The van der Waals surface area contributed by atoms with Crippen molar-refractivity contribution in [3.63, 3.8) is 0 Å². The lowest BCUT2D eigenvalue weighted by Gasteiger charge is -2.20. The van der Waals surface area contributed by atoms with Crippen molar-refractivity contribution in [3.05, 3.63) is 63.9 Å². The monoisotopic (exact) mass is 391 g/mol. The zero-order valence-electron chi connectivity index (χ0n) is 15.9. The molecule has 0 unspecified atom stereocenters. The molecule has 0 aliphatic carbocycles. The van der Waals surface area contributed by atoms with Crippen LogP contribution in [0.1, 0.15) is 42.3 Å². The summed E-state index contributed by atoms with van der Waals surface area (Å²) in [5.41, 5.74) is 0.693. The predicted octanol–water partition coefficient (Wildman–Crippen LogP) is 4.37. The maximum atomic E-state index is 14.0. The molecule has 1 N–H and O–H groups in total. The van der Waals surface area contributed by atoms with Crippen LogP contribution in [-0.2, 0) is 17.6 Å². The van der Waals surface area contributed by atoms with E-state index in [-0.39, 0.29) is 24.2 Å². The number of Topliss-reactive ketones (excluding diaryl/α,β-unsaturated/α-hetero) is 1. The molecule has 0 saturated carbocycles. The first kappa shape index (κ1) is 20.9.